The van der Waals surface area contributed by atoms with Gasteiger partial charge >= 0.3 is 0 Å². The Morgan fingerprint density at radius 3 is 1.43 bits per heavy atom. The minimum Gasteiger partial charge on any atom is -0.495 e. The number of benzene rings is 4. The van der Waals surface area contributed by atoms with Crippen molar-refractivity contribution >= 4 is 64.5 Å². The Labute approximate surface area is 401 Å². The van der Waals surface area contributed by atoms with Crippen LogP contribution in [0.5, 0.6) is 11.5 Å². The summed E-state index contributed by atoms with van der Waals surface area (Å²) < 4.78 is 37.1. The first-order chi connectivity index (χ1) is 32.1. The molecular formula is C50H58Cl2F2N8O5. The summed E-state index contributed by atoms with van der Waals surface area (Å²) in [5.74, 6) is 0.173. The molecule has 356 valence electrons. The molecule has 4 bridgehead atoms. The first-order valence-electron chi connectivity index (χ1n) is 22.2. The summed E-state index contributed by atoms with van der Waals surface area (Å²) in [6.45, 7) is 9.09. The summed E-state index contributed by atoms with van der Waals surface area (Å²) in [5, 5.41) is 3.56. The molecule has 3 amide bonds. The number of carbonyl (C=O) groups is 3. The van der Waals surface area contributed by atoms with E-state index in [0.717, 1.165) is 76.6 Å². The number of amides is 3. The Kier molecular flexibility index (Phi) is 16.2. The molecule has 17 heteroatoms. The molecule has 0 spiro atoms. The predicted molar refractivity (Wildman–Crippen MR) is 260 cm³/mol. The molecule has 3 N–H and O–H groups in total. The molecule has 0 saturated carbocycles. The quantitative estimate of drug-likeness (QED) is 0.126. The number of piperazine rings is 4. The Bertz CT molecular complexity index is 2450. The van der Waals surface area contributed by atoms with Crippen molar-refractivity contribution in [1.29, 1.82) is 0 Å². The average molecular weight is 960 g/mol. The lowest BCUT2D eigenvalue weighted by Crippen LogP contribution is -2.68. The minimum atomic E-state index is -0.241. The largest absolute Gasteiger partial charge is 0.495 e. The molecule has 4 atom stereocenters. The third-order valence-corrected chi connectivity index (χ3v) is 13.1. The number of halogens is 4. The summed E-state index contributed by atoms with van der Waals surface area (Å²) in [6, 6.07) is 20.1. The van der Waals surface area contributed by atoms with Crippen LogP contribution in [0.25, 0.3) is 12.2 Å². The molecule has 0 aromatic heterocycles. The lowest BCUT2D eigenvalue weighted by Gasteiger charge is -2.52. The summed E-state index contributed by atoms with van der Waals surface area (Å²) in [6.07, 6.45) is 6.55. The van der Waals surface area contributed by atoms with Crippen molar-refractivity contribution in [2.75, 3.05) is 91.7 Å². The van der Waals surface area contributed by atoms with E-state index in [1.165, 1.54) is 38.3 Å². The summed E-state index contributed by atoms with van der Waals surface area (Å²) in [4.78, 5) is 51.4. The van der Waals surface area contributed by atoms with E-state index < -0.39 is 0 Å². The molecule has 4 aliphatic rings. The molecule has 4 saturated heterocycles. The van der Waals surface area contributed by atoms with E-state index >= 15 is 0 Å². The summed E-state index contributed by atoms with van der Waals surface area (Å²) in [7, 11) is 7.22. The first kappa shape index (κ1) is 49.4. The second kappa shape index (κ2) is 22.0. The van der Waals surface area contributed by atoms with Crippen LogP contribution in [0.1, 0.15) is 29.2 Å². The maximum absolute atomic E-state index is 13.4. The molecule has 8 rings (SSSR count). The lowest BCUT2D eigenvalue weighted by atomic mass is 9.99. The van der Waals surface area contributed by atoms with Crippen molar-refractivity contribution in [3.8, 4) is 11.5 Å². The van der Waals surface area contributed by atoms with Crippen molar-refractivity contribution < 1.29 is 32.6 Å². The van der Waals surface area contributed by atoms with Gasteiger partial charge in [0.1, 0.15) is 23.1 Å². The number of nitrogens with one attached hydrogen (secondary N) is 1. The molecule has 67 heavy (non-hydrogen) atoms. The Balaban J connectivity index is 0.000000200. The predicted octanol–water partition coefficient (Wildman–Crippen LogP) is 6.60. The van der Waals surface area contributed by atoms with Crippen molar-refractivity contribution in [1.82, 2.24) is 29.4 Å². The van der Waals surface area contributed by atoms with Crippen molar-refractivity contribution in [2.45, 2.75) is 44.2 Å². The number of likely N-dealkylation sites (N-methyl/N-ethyl adjacent to an activating group) is 2. The van der Waals surface area contributed by atoms with Crippen LogP contribution in [-0.2, 0) is 27.5 Å². The third kappa shape index (κ3) is 12.5. The second-order valence-electron chi connectivity index (χ2n) is 17.7. The number of nitrogens with zero attached hydrogens (tertiary/aromatic N) is 6. The number of rotatable bonds is 11. The van der Waals surface area contributed by atoms with Gasteiger partial charge in [0.2, 0.25) is 17.7 Å². The van der Waals surface area contributed by atoms with Crippen LogP contribution in [0.15, 0.2) is 84.9 Å². The molecule has 0 aliphatic carbocycles. The van der Waals surface area contributed by atoms with Crippen LogP contribution in [0, 0.1) is 11.6 Å². The highest BCUT2D eigenvalue weighted by atomic mass is 35.5. The van der Waals surface area contributed by atoms with Gasteiger partial charge in [0.25, 0.3) is 0 Å². The van der Waals surface area contributed by atoms with Crippen molar-refractivity contribution in [3.63, 3.8) is 0 Å². The van der Waals surface area contributed by atoms with E-state index in [0.29, 0.717) is 44.0 Å². The lowest BCUT2D eigenvalue weighted by molar-refractivity contribution is -0.141. The zero-order chi connectivity index (χ0) is 47.9. The maximum Gasteiger partial charge on any atom is 0.247 e. The topological polar surface area (TPSA) is 127 Å². The fourth-order valence-corrected chi connectivity index (χ4v) is 10.2. The zero-order valence-electron chi connectivity index (χ0n) is 38.4. The zero-order valence-corrected chi connectivity index (χ0v) is 39.9. The molecule has 4 aromatic rings. The molecular weight excluding hydrogens is 902 g/mol. The van der Waals surface area contributed by atoms with Gasteiger partial charge in [0, 0.05) is 107 Å². The Hall–Kier alpha value is -5.55. The third-order valence-electron chi connectivity index (χ3n) is 12.5. The number of nitrogen functional groups attached to an aromatic ring is 1. The number of hydrogen-bond acceptors (Lipinski definition) is 10. The van der Waals surface area contributed by atoms with E-state index in [-0.39, 0.29) is 53.5 Å². The molecule has 4 aromatic carbocycles. The van der Waals surface area contributed by atoms with Gasteiger partial charge in [-0.05, 0) is 85.9 Å². The van der Waals surface area contributed by atoms with Gasteiger partial charge in [-0.3, -0.25) is 24.2 Å². The van der Waals surface area contributed by atoms with Gasteiger partial charge in [-0.1, -0.05) is 47.5 Å². The van der Waals surface area contributed by atoms with Crippen LogP contribution in [0.3, 0.4) is 0 Å². The summed E-state index contributed by atoms with van der Waals surface area (Å²) in [5.41, 5.74) is 10.5. The normalized spacial score (nSPS) is 21.3. The number of hydrogen-bond donors (Lipinski definition) is 2. The molecule has 0 radical (unpaired) electrons. The number of carbonyl (C=O) groups excluding carboxylic acids is 3. The molecule has 4 unspecified atom stereocenters. The van der Waals surface area contributed by atoms with Crippen molar-refractivity contribution in [2.24, 2.45) is 0 Å². The van der Waals surface area contributed by atoms with Gasteiger partial charge in [0.15, 0.2) is 0 Å². The number of methoxy groups -OCH3 is 2. The maximum atomic E-state index is 13.4. The van der Waals surface area contributed by atoms with Crippen LogP contribution >= 0.6 is 23.2 Å². The molecule has 13 nitrogen and oxygen atoms in total. The summed E-state index contributed by atoms with van der Waals surface area (Å²) >= 11 is 12.3. The molecule has 4 aliphatic heterocycles. The van der Waals surface area contributed by atoms with E-state index in [9.17, 15) is 23.2 Å². The monoisotopic (exact) mass is 958 g/mol. The highest BCUT2D eigenvalue weighted by Gasteiger charge is 2.42. The highest BCUT2D eigenvalue weighted by molar-refractivity contribution is 6.32. The van der Waals surface area contributed by atoms with Gasteiger partial charge in [-0.15, -0.1) is 0 Å². The van der Waals surface area contributed by atoms with Crippen LogP contribution < -0.4 is 20.5 Å². The standard InChI is InChI=1S/C26H30ClFN4O3.C24H28ClFN4O2/c1-17(33)29-24-11-23(27)25(35-3)10-19(24)6-9-26(34)32-21-13-30(2)14-22(32)16-31(15-21)12-18-4-7-20(28)8-5-18;1-28-12-19-14-29(11-16-3-6-18(26)7-4-16)15-20(13-28)30(19)24(31)8-5-17-9-23(32-2)21(25)10-22(17)27/h4-11,21-22H,12-16H2,1-3H3,(H,29,33);3-10,19-20H,11-15,27H2,1-2H3/b9-6+;8-5+. The number of nitrogens with two attached hydrogens (primary N) is 1. The van der Waals surface area contributed by atoms with Crippen LogP contribution in [-0.4, -0.2) is 152 Å². The van der Waals surface area contributed by atoms with E-state index in [2.05, 4.69) is 39.0 Å². The van der Waals surface area contributed by atoms with Crippen LogP contribution in [0.4, 0.5) is 20.2 Å². The average Bonchev–Trinajstić information content (AvgIpc) is 3.26. The van der Waals surface area contributed by atoms with Gasteiger partial charge in [0.05, 0.1) is 48.4 Å². The van der Waals surface area contributed by atoms with Crippen LogP contribution in [0.2, 0.25) is 10.0 Å². The Morgan fingerprint density at radius 1 is 0.642 bits per heavy atom. The second-order valence-corrected chi connectivity index (χ2v) is 18.5. The SMILES string of the molecule is COc1cc(/C=C/C(=O)N2C3CN(C)CC2CN(Cc2ccc(F)cc2)C3)c(N)cc1Cl.COc1cc(/C=C/C(=O)N2C3CN(C)CC2CN(Cc2ccc(F)cc2)C3)c(NC(C)=O)cc1Cl. The van der Waals surface area contributed by atoms with E-state index in [4.69, 9.17) is 38.4 Å². The van der Waals surface area contributed by atoms with E-state index in [1.54, 1.807) is 55.7 Å². The van der Waals surface area contributed by atoms with Gasteiger partial charge in [-0.25, -0.2) is 8.78 Å². The number of fused-ring (bicyclic) bond motifs is 4. The molecule has 4 fully saturated rings. The van der Waals surface area contributed by atoms with Crippen molar-refractivity contribution in [3.05, 3.63) is 129 Å². The fourth-order valence-electron chi connectivity index (χ4n) is 9.68. The smallest absolute Gasteiger partial charge is 0.247 e. The van der Waals surface area contributed by atoms with Gasteiger partial charge in [-0.2, -0.15) is 0 Å². The Morgan fingerprint density at radius 2 is 1.03 bits per heavy atom. The number of ether oxygens (including phenoxy) is 2. The minimum absolute atomic E-state index is 0.0251. The fraction of sp³-hybridized carbons (Fsp3) is 0.380. The van der Waals surface area contributed by atoms with E-state index in [1.807, 2.05) is 34.1 Å². The number of anilines is 2. The highest BCUT2D eigenvalue weighted by Crippen LogP contribution is 2.34. The molecule has 4 heterocycles. The first-order valence-corrected chi connectivity index (χ1v) is 22.9. The van der Waals surface area contributed by atoms with Gasteiger partial charge < -0.3 is 40.1 Å².